The van der Waals surface area contributed by atoms with Crippen molar-refractivity contribution in [3.05, 3.63) is 52.7 Å². The van der Waals surface area contributed by atoms with Crippen LogP contribution in [0.15, 0.2) is 36.7 Å². The highest BCUT2D eigenvalue weighted by Crippen LogP contribution is 2.68. The number of rotatable bonds is 7. The number of carbonyl (C=O) groups excluding carboxylic acids is 1. The monoisotopic (exact) mass is 564 g/mol. The number of fused-ring (bicyclic) bond motifs is 2. The van der Waals surface area contributed by atoms with E-state index in [1.54, 1.807) is 30.6 Å². The molecule has 0 radical (unpaired) electrons. The van der Waals surface area contributed by atoms with Gasteiger partial charge in [-0.15, -0.1) is 0 Å². The van der Waals surface area contributed by atoms with Gasteiger partial charge in [-0.2, -0.15) is 4.98 Å². The first-order valence-corrected chi connectivity index (χ1v) is 15.8. The highest BCUT2D eigenvalue weighted by Gasteiger charge is 2.79. The summed E-state index contributed by atoms with van der Waals surface area (Å²) in [6.07, 6.45) is 0.115. The Kier molecular flexibility index (Phi) is 6.65. The summed E-state index contributed by atoms with van der Waals surface area (Å²) in [5, 5.41) is 10.3. The molecule has 1 aliphatic heterocycles. The third-order valence-corrected chi connectivity index (χ3v) is 12.9. The van der Waals surface area contributed by atoms with Gasteiger partial charge in [0.05, 0.1) is 42.2 Å². The van der Waals surface area contributed by atoms with Crippen LogP contribution in [0.1, 0.15) is 37.2 Å². The van der Waals surface area contributed by atoms with Gasteiger partial charge in [-0.1, -0.05) is 50.6 Å². The van der Waals surface area contributed by atoms with Crippen molar-refractivity contribution in [1.29, 1.82) is 0 Å². The smallest absolute Gasteiger partial charge is 0.338 e. The first kappa shape index (κ1) is 26.5. The second kappa shape index (κ2) is 9.28. The number of carbonyl (C=O) groups is 1. The molecule has 2 fully saturated rings. The van der Waals surface area contributed by atoms with E-state index >= 15 is 0 Å². The Bertz CT molecular complexity index is 1330. The number of aliphatic hydroxyl groups excluding tert-OH is 1. The number of hydrogen-bond acceptors (Lipinski definition) is 8. The van der Waals surface area contributed by atoms with Gasteiger partial charge in [0.1, 0.15) is 18.2 Å². The van der Waals surface area contributed by atoms with E-state index in [9.17, 15) is 9.90 Å². The van der Waals surface area contributed by atoms with Crippen LogP contribution in [0.3, 0.4) is 0 Å². The molecular formula is C25H30Cl2N4O5Si. The molecule has 5 atom stereocenters. The Labute approximate surface area is 226 Å². The molecule has 1 saturated carbocycles. The molecule has 1 aliphatic carbocycles. The van der Waals surface area contributed by atoms with Gasteiger partial charge in [0.25, 0.3) is 0 Å². The van der Waals surface area contributed by atoms with Crippen molar-refractivity contribution in [2.45, 2.75) is 63.3 Å². The summed E-state index contributed by atoms with van der Waals surface area (Å²) in [6, 6.07) is 8.48. The lowest BCUT2D eigenvalue weighted by Gasteiger charge is -2.42. The standard InChI is InChI=1S/C25H30Cl2N4O5Si/c1-24(2,3)37(4,5)36-18-15(11-32)35-19-17(31-13-28-16-20(26)29-23(27)30-21(16)31)25(18,19)12-34-22(33)14-9-7-6-8-10-14/h6-10,13,15,17-19,32H,11-12H2,1-5H3/t15-,17?,18?,19+,25?/m1/s1. The number of aromatic nitrogens is 4. The molecule has 2 aromatic heterocycles. The van der Waals surface area contributed by atoms with Crippen LogP contribution in [-0.4, -0.2) is 70.4 Å². The van der Waals surface area contributed by atoms with Gasteiger partial charge in [-0.3, -0.25) is 0 Å². The number of imidazole rings is 1. The summed E-state index contributed by atoms with van der Waals surface area (Å²) in [7, 11) is -2.32. The maximum Gasteiger partial charge on any atom is 0.338 e. The van der Waals surface area contributed by atoms with Crippen molar-refractivity contribution < 1.29 is 23.8 Å². The molecule has 0 bridgehead atoms. The molecule has 3 aromatic rings. The van der Waals surface area contributed by atoms with Crippen LogP contribution in [0.25, 0.3) is 11.2 Å². The molecule has 5 rings (SSSR count). The van der Waals surface area contributed by atoms with Crippen LogP contribution in [-0.2, 0) is 13.9 Å². The molecule has 12 heteroatoms. The Morgan fingerprint density at radius 2 is 1.92 bits per heavy atom. The summed E-state index contributed by atoms with van der Waals surface area (Å²) in [5.74, 6) is -0.443. The fraction of sp³-hybridized carbons (Fsp3) is 0.520. The van der Waals surface area contributed by atoms with E-state index in [0.29, 0.717) is 16.7 Å². The summed E-state index contributed by atoms with van der Waals surface area (Å²) in [5.41, 5.74) is 0.540. The first-order chi connectivity index (χ1) is 17.4. The van der Waals surface area contributed by atoms with Crippen LogP contribution in [0.5, 0.6) is 0 Å². The highest BCUT2D eigenvalue weighted by molar-refractivity contribution is 6.74. The predicted octanol–water partition coefficient (Wildman–Crippen LogP) is 4.68. The lowest BCUT2D eigenvalue weighted by atomic mass is 9.96. The predicted molar refractivity (Wildman–Crippen MR) is 141 cm³/mol. The fourth-order valence-electron chi connectivity index (χ4n) is 4.92. The molecule has 0 amide bonds. The maximum atomic E-state index is 12.9. The Balaban J connectivity index is 1.55. The van der Waals surface area contributed by atoms with Gasteiger partial charge < -0.3 is 23.6 Å². The number of nitrogens with zero attached hydrogens (tertiary/aromatic N) is 4. The van der Waals surface area contributed by atoms with Crippen molar-refractivity contribution >= 4 is 48.7 Å². The lowest BCUT2D eigenvalue weighted by molar-refractivity contribution is -0.0446. The summed E-state index contributed by atoms with van der Waals surface area (Å²) in [4.78, 5) is 25.7. The molecule has 3 heterocycles. The van der Waals surface area contributed by atoms with Gasteiger partial charge >= 0.3 is 5.97 Å². The van der Waals surface area contributed by atoms with Gasteiger partial charge in [0.2, 0.25) is 5.28 Å². The van der Waals surface area contributed by atoms with Crippen LogP contribution >= 0.6 is 23.2 Å². The van der Waals surface area contributed by atoms with Crippen molar-refractivity contribution in [3.8, 4) is 0 Å². The Morgan fingerprint density at radius 1 is 1.22 bits per heavy atom. The summed E-state index contributed by atoms with van der Waals surface area (Å²) in [6.45, 7) is 10.6. The van der Waals surface area contributed by atoms with Crippen molar-refractivity contribution in [2.24, 2.45) is 5.41 Å². The number of halogens is 2. The Morgan fingerprint density at radius 3 is 2.57 bits per heavy atom. The summed E-state index contributed by atoms with van der Waals surface area (Å²) >= 11 is 12.4. The normalized spacial score (nSPS) is 27.4. The van der Waals surface area contributed by atoms with E-state index < -0.39 is 38.0 Å². The second-order valence-electron chi connectivity index (χ2n) is 11.2. The van der Waals surface area contributed by atoms with E-state index in [-0.39, 0.29) is 34.7 Å². The molecule has 9 nitrogen and oxygen atoms in total. The molecular weight excluding hydrogens is 535 g/mol. The topological polar surface area (TPSA) is 109 Å². The maximum absolute atomic E-state index is 12.9. The average Bonchev–Trinajstić information content (AvgIpc) is 3.09. The molecule has 2 aliphatic rings. The van der Waals surface area contributed by atoms with Gasteiger partial charge in [-0.25, -0.2) is 14.8 Å². The van der Waals surface area contributed by atoms with Crippen LogP contribution in [0, 0.1) is 5.41 Å². The average molecular weight is 566 g/mol. The minimum atomic E-state index is -2.32. The SMILES string of the molecule is CC(C)(C)[Si](C)(C)OC1[C@@H](CO)O[C@H]2C(n3cnc4c(Cl)nc(Cl)nc43)C12COC(=O)c1ccccc1. The second-order valence-corrected chi connectivity index (χ2v) is 16.6. The van der Waals surface area contributed by atoms with Crippen molar-refractivity contribution in [2.75, 3.05) is 13.2 Å². The van der Waals surface area contributed by atoms with Gasteiger partial charge in [-0.05, 0) is 41.9 Å². The molecule has 1 N–H and O–H groups in total. The molecule has 198 valence electrons. The zero-order chi connectivity index (χ0) is 26.8. The minimum Gasteiger partial charge on any atom is -0.461 e. The first-order valence-electron chi connectivity index (χ1n) is 12.1. The fourth-order valence-corrected chi connectivity index (χ4v) is 6.70. The van der Waals surface area contributed by atoms with Crippen LogP contribution < -0.4 is 0 Å². The largest absolute Gasteiger partial charge is 0.461 e. The van der Waals surface area contributed by atoms with E-state index in [0.717, 1.165) is 0 Å². The minimum absolute atomic E-state index is 0.00200. The zero-order valence-electron chi connectivity index (χ0n) is 21.3. The van der Waals surface area contributed by atoms with E-state index in [1.807, 2.05) is 10.6 Å². The number of ether oxygens (including phenoxy) is 2. The van der Waals surface area contributed by atoms with Crippen molar-refractivity contribution in [3.63, 3.8) is 0 Å². The number of benzene rings is 1. The van der Waals surface area contributed by atoms with Crippen LogP contribution in [0.4, 0.5) is 0 Å². The van der Waals surface area contributed by atoms with E-state index in [1.165, 1.54) is 0 Å². The lowest BCUT2D eigenvalue weighted by Crippen LogP contribution is -2.51. The quantitative estimate of drug-likeness (QED) is 0.190. The van der Waals surface area contributed by atoms with E-state index in [2.05, 4.69) is 48.8 Å². The zero-order valence-corrected chi connectivity index (χ0v) is 23.8. The number of aliphatic hydroxyl groups is 1. The molecule has 0 spiro atoms. The van der Waals surface area contributed by atoms with Gasteiger partial charge in [0, 0.05) is 0 Å². The third-order valence-electron chi connectivity index (χ3n) is 7.97. The van der Waals surface area contributed by atoms with Gasteiger partial charge in [0.15, 0.2) is 19.1 Å². The van der Waals surface area contributed by atoms with Crippen molar-refractivity contribution in [1.82, 2.24) is 19.5 Å². The number of esters is 1. The molecule has 3 unspecified atom stereocenters. The Hall–Kier alpha value is -2.08. The number of hydrogen-bond donors (Lipinski definition) is 1. The molecule has 1 saturated heterocycles. The highest BCUT2D eigenvalue weighted by atomic mass is 35.5. The summed E-state index contributed by atoms with van der Waals surface area (Å²) < 4.78 is 21.0. The molecule has 37 heavy (non-hydrogen) atoms. The van der Waals surface area contributed by atoms with Crippen LogP contribution in [0.2, 0.25) is 28.6 Å². The van der Waals surface area contributed by atoms with E-state index in [4.69, 9.17) is 37.1 Å². The third kappa shape index (κ3) is 4.37. The molecule has 1 aromatic carbocycles.